The van der Waals surface area contributed by atoms with Gasteiger partial charge in [-0.1, -0.05) is 103 Å². The average Bonchev–Trinajstić information content (AvgIpc) is 3.01. The normalized spacial score (nSPS) is 11.9. The van der Waals surface area contributed by atoms with Crippen LogP contribution in [0.4, 0.5) is 0 Å². The van der Waals surface area contributed by atoms with Gasteiger partial charge in [-0.2, -0.15) is 0 Å². The number of esters is 1. The molecule has 2 heterocycles. The second kappa shape index (κ2) is 11.5. The van der Waals surface area contributed by atoms with Gasteiger partial charge in [0.25, 0.3) is 0 Å². The minimum Gasteiger partial charge on any atom is -0.462 e. The predicted molar refractivity (Wildman–Crippen MR) is 161 cm³/mol. The summed E-state index contributed by atoms with van der Waals surface area (Å²) in [5.74, 6) is -0.287. The van der Waals surface area contributed by atoms with E-state index in [1.54, 1.807) is 0 Å². The van der Waals surface area contributed by atoms with Gasteiger partial charge in [0, 0.05) is 22.0 Å². The van der Waals surface area contributed by atoms with Gasteiger partial charge in [0.15, 0.2) is 0 Å². The Balaban J connectivity index is 1.51. The molecular weight excluding hydrogens is 492 g/mol. The highest BCUT2D eigenvalue weighted by Crippen LogP contribution is 2.36. The SMILES string of the molecule is CCOC(=O)c1c(CC(Cc2ccc3ccccc3n2)c2ccccc2)nc2ccccc2c1-c1ccccc1. The molecule has 0 radical (unpaired) electrons. The molecule has 196 valence electrons. The smallest absolute Gasteiger partial charge is 0.340 e. The Morgan fingerprint density at radius 2 is 1.38 bits per heavy atom. The highest BCUT2D eigenvalue weighted by atomic mass is 16.5. The second-order valence-electron chi connectivity index (χ2n) is 9.92. The number of carbonyl (C=O) groups is 1. The van der Waals surface area contributed by atoms with E-state index in [0.717, 1.165) is 44.3 Å². The van der Waals surface area contributed by atoms with Crippen LogP contribution in [0.1, 0.15) is 40.2 Å². The van der Waals surface area contributed by atoms with E-state index < -0.39 is 0 Å². The highest BCUT2D eigenvalue weighted by molar-refractivity contribution is 6.08. The molecule has 6 aromatic rings. The number of fused-ring (bicyclic) bond motifs is 2. The first-order valence-electron chi connectivity index (χ1n) is 13.7. The van der Waals surface area contributed by atoms with E-state index in [4.69, 9.17) is 14.7 Å². The van der Waals surface area contributed by atoms with Gasteiger partial charge >= 0.3 is 5.97 Å². The molecule has 6 rings (SSSR count). The van der Waals surface area contributed by atoms with E-state index in [0.29, 0.717) is 25.0 Å². The van der Waals surface area contributed by atoms with E-state index in [2.05, 4.69) is 42.5 Å². The number of nitrogens with zero attached hydrogens (tertiary/aromatic N) is 2. The standard InChI is InChI=1S/C36H30N2O2/c1-2-40-36(39)35-33(38-32-20-12-10-18-30(32)34(35)27-16-7-4-8-17-27)24-28(25-13-5-3-6-14-25)23-29-22-21-26-15-9-11-19-31(26)37-29/h3-22,28H,2,23-24H2,1H3. The summed E-state index contributed by atoms with van der Waals surface area (Å²) in [7, 11) is 0. The lowest BCUT2D eigenvalue weighted by molar-refractivity contribution is 0.0525. The van der Waals surface area contributed by atoms with E-state index >= 15 is 0 Å². The number of hydrogen-bond acceptors (Lipinski definition) is 4. The summed E-state index contributed by atoms with van der Waals surface area (Å²) in [5, 5.41) is 2.06. The zero-order valence-corrected chi connectivity index (χ0v) is 22.5. The summed E-state index contributed by atoms with van der Waals surface area (Å²) >= 11 is 0. The molecule has 1 unspecified atom stereocenters. The van der Waals surface area contributed by atoms with Crippen LogP contribution in [0.2, 0.25) is 0 Å². The molecule has 0 aliphatic rings. The third kappa shape index (κ3) is 5.21. The molecule has 1 atom stereocenters. The first kappa shape index (κ1) is 25.4. The van der Waals surface area contributed by atoms with Crippen LogP contribution < -0.4 is 0 Å². The van der Waals surface area contributed by atoms with E-state index in [1.807, 2.05) is 85.8 Å². The van der Waals surface area contributed by atoms with Crippen LogP contribution >= 0.6 is 0 Å². The van der Waals surface area contributed by atoms with Gasteiger partial charge in [0.2, 0.25) is 0 Å². The summed E-state index contributed by atoms with van der Waals surface area (Å²) in [6, 6.07) is 41.0. The van der Waals surface area contributed by atoms with Gasteiger partial charge in [-0.3, -0.25) is 9.97 Å². The van der Waals surface area contributed by atoms with Crippen molar-refractivity contribution in [3.63, 3.8) is 0 Å². The van der Waals surface area contributed by atoms with Gasteiger partial charge in [0.05, 0.1) is 28.9 Å². The second-order valence-corrected chi connectivity index (χ2v) is 9.92. The lowest BCUT2D eigenvalue weighted by Gasteiger charge is -2.21. The van der Waals surface area contributed by atoms with Crippen LogP contribution in [0.25, 0.3) is 32.9 Å². The van der Waals surface area contributed by atoms with E-state index in [1.165, 1.54) is 5.56 Å². The lowest BCUT2D eigenvalue weighted by atomic mass is 9.86. The third-order valence-corrected chi connectivity index (χ3v) is 7.33. The third-order valence-electron chi connectivity index (χ3n) is 7.33. The molecule has 0 spiro atoms. The molecule has 0 saturated carbocycles. The maximum absolute atomic E-state index is 13.7. The fraction of sp³-hybridized carbons (Fsp3) is 0.139. The van der Waals surface area contributed by atoms with Gasteiger partial charge in [0.1, 0.15) is 0 Å². The van der Waals surface area contributed by atoms with Gasteiger partial charge in [-0.15, -0.1) is 0 Å². The number of para-hydroxylation sites is 2. The average molecular weight is 523 g/mol. The molecule has 0 bridgehead atoms. The van der Waals surface area contributed by atoms with Crippen molar-refractivity contribution in [3.8, 4) is 11.1 Å². The Bertz CT molecular complexity index is 1780. The van der Waals surface area contributed by atoms with Gasteiger partial charge in [-0.05, 0) is 55.0 Å². The fourth-order valence-electron chi connectivity index (χ4n) is 5.48. The topological polar surface area (TPSA) is 52.1 Å². The molecule has 0 N–H and O–H groups in total. The first-order chi connectivity index (χ1) is 19.7. The van der Waals surface area contributed by atoms with Crippen LogP contribution in [0.15, 0.2) is 121 Å². The molecule has 0 fully saturated rings. The molecule has 4 nitrogen and oxygen atoms in total. The molecule has 4 heteroatoms. The van der Waals surface area contributed by atoms with Crippen molar-refractivity contribution in [1.29, 1.82) is 0 Å². The molecule has 4 aromatic carbocycles. The Labute approximate surface area is 234 Å². The first-order valence-corrected chi connectivity index (χ1v) is 13.7. The summed E-state index contributed by atoms with van der Waals surface area (Å²) in [6.45, 7) is 2.13. The number of aromatic nitrogens is 2. The van der Waals surface area contributed by atoms with Crippen molar-refractivity contribution in [2.24, 2.45) is 0 Å². The zero-order valence-electron chi connectivity index (χ0n) is 22.5. The van der Waals surface area contributed by atoms with Crippen molar-refractivity contribution < 1.29 is 9.53 Å². The van der Waals surface area contributed by atoms with Crippen molar-refractivity contribution in [2.45, 2.75) is 25.7 Å². The minimum atomic E-state index is -0.342. The minimum absolute atomic E-state index is 0.0559. The van der Waals surface area contributed by atoms with E-state index in [-0.39, 0.29) is 11.9 Å². The van der Waals surface area contributed by atoms with Crippen LogP contribution in [0.5, 0.6) is 0 Å². The largest absolute Gasteiger partial charge is 0.462 e. The summed E-state index contributed by atoms with van der Waals surface area (Å²) < 4.78 is 5.64. The Kier molecular flexibility index (Phi) is 7.32. The molecule has 40 heavy (non-hydrogen) atoms. The summed E-state index contributed by atoms with van der Waals surface area (Å²) in [5.41, 5.74) is 7.16. The van der Waals surface area contributed by atoms with E-state index in [9.17, 15) is 4.79 Å². The maximum Gasteiger partial charge on any atom is 0.340 e. The number of rotatable bonds is 8. The summed E-state index contributed by atoms with van der Waals surface area (Å²) in [6.07, 6.45) is 1.28. The molecule has 2 aromatic heterocycles. The number of pyridine rings is 2. The zero-order chi connectivity index (χ0) is 27.3. The van der Waals surface area contributed by atoms with Crippen LogP contribution in [-0.4, -0.2) is 22.5 Å². The monoisotopic (exact) mass is 522 g/mol. The predicted octanol–water partition coefficient (Wildman–Crippen LogP) is 8.20. The Hall–Kier alpha value is -4.83. The fourth-order valence-corrected chi connectivity index (χ4v) is 5.48. The molecule has 0 amide bonds. The van der Waals surface area contributed by atoms with Crippen molar-refractivity contribution >= 4 is 27.8 Å². The number of ether oxygens (including phenoxy) is 1. The molecule has 0 saturated heterocycles. The van der Waals surface area contributed by atoms with Gasteiger partial charge < -0.3 is 4.74 Å². The maximum atomic E-state index is 13.7. The molecule has 0 aliphatic heterocycles. The lowest BCUT2D eigenvalue weighted by Crippen LogP contribution is -2.16. The Morgan fingerprint density at radius 1 is 0.700 bits per heavy atom. The van der Waals surface area contributed by atoms with Crippen LogP contribution in [0, 0.1) is 0 Å². The number of hydrogen-bond donors (Lipinski definition) is 0. The summed E-state index contributed by atoms with van der Waals surface area (Å²) in [4.78, 5) is 23.7. The van der Waals surface area contributed by atoms with Crippen molar-refractivity contribution in [2.75, 3.05) is 6.61 Å². The highest BCUT2D eigenvalue weighted by Gasteiger charge is 2.26. The number of benzene rings is 4. The number of carbonyl (C=O) groups excluding carboxylic acids is 1. The van der Waals surface area contributed by atoms with Crippen LogP contribution in [0.3, 0.4) is 0 Å². The Morgan fingerprint density at radius 3 is 2.15 bits per heavy atom. The van der Waals surface area contributed by atoms with Crippen LogP contribution in [-0.2, 0) is 17.6 Å². The van der Waals surface area contributed by atoms with Gasteiger partial charge in [-0.25, -0.2) is 4.79 Å². The molecular formula is C36H30N2O2. The van der Waals surface area contributed by atoms with Crippen molar-refractivity contribution in [1.82, 2.24) is 9.97 Å². The van der Waals surface area contributed by atoms with Crippen molar-refractivity contribution in [3.05, 3.63) is 144 Å². The quantitative estimate of drug-likeness (QED) is 0.189. The molecule has 0 aliphatic carbocycles.